The van der Waals surface area contributed by atoms with Crippen LogP contribution in [0.25, 0.3) is 0 Å². The van der Waals surface area contributed by atoms with Gasteiger partial charge in [-0.1, -0.05) is 16.3 Å². The molecule has 9 nitrogen and oxygen atoms in total. The summed E-state index contributed by atoms with van der Waals surface area (Å²) in [5.41, 5.74) is 5.38. The fourth-order valence-corrected chi connectivity index (χ4v) is 1.52. The van der Waals surface area contributed by atoms with Crippen LogP contribution in [0.15, 0.2) is 6.33 Å². The first kappa shape index (κ1) is 9.45. The highest BCUT2D eigenvalue weighted by Gasteiger charge is 2.14. The van der Waals surface area contributed by atoms with Crippen LogP contribution >= 0.6 is 11.3 Å². The zero-order valence-corrected chi connectivity index (χ0v) is 8.09. The number of nitrogen functional groups attached to an aromatic ring is 1. The van der Waals surface area contributed by atoms with Gasteiger partial charge in [0.25, 0.3) is 0 Å². The maximum absolute atomic E-state index is 10.3. The van der Waals surface area contributed by atoms with Crippen LogP contribution in [0.4, 0.5) is 11.1 Å². The van der Waals surface area contributed by atoms with Crippen molar-refractivity contribution in [3.8, 4) is 0 Å². The lowest BCUT2D eigenvalue weighted by molar-refractivity contribution is -0.394. The number of hydrogen-bond donors (Lipinski definition) is 1. The van der Waals surface area contributed by atoms with Crippen LogP contribution in [0, 0.1) is 10.1 Å². The Labute approximate surface area is 86.7 Å². The zero-order chi connectivity index (χ0) is 10.8. The van der Waals surface area contributed by atoms with Crippen LogP contribution in [-0.2, 0) is 6.54 Å². The molecule has 78 valence electrons. The monoisotopic (exact) mass is 227 g/mol. The highest BCUT2D eigenvalue weighted by atomic mass is 32.1. The Morgan fingerprint density at radius 2 is 2.40 bits per heavy atom. The standard InChI is InChI=1S/C5H5N7O2S/c6-4-9-8-3(15-4)1-11-2-7-5(10-11)12(13)14/h2H,1H2,(H2,6,9). The van der Waals surface area contributed by atoms with Gasteiger partial charge in [0.15, 0.2) is 0 Å². The molecule has 0 aliphatic heterocycles. The molecule has 0 spiro atoms. The quantitative estimate of drug-likeness (QED) is 0.561. The Hall–Kier alpha value is -2.10. The highest BCUT2D eigenvalue weighted by molar-refractivity contribution is 7.15. The first-order chi connectivity index (χ1) is 7.15. The second kappa shape index (κ2) is 3.57. The van der Waals surface area contributed by atoms with E-state index in [2.05, 4.69) is 20.3 Å². The van der Waals surface area contributed by atoms with E-state index in [1.54, 1.807) is 0 Å². The number of nitro groups is 1. The van der Waals surface area contributed by atoms with Gasteiger partial charge in [-0.25, -0.2) is 0 Å². The Balaban J connectivity index is 2.14. The summed E-state index contributed by atoms with van der Waals surface area (Å²) in [7, 11) is 0. The highest BCUT2D eigenvalue weighted by Crippen LogP contribution is 2.12. The van der Waals surface area contributed by atoms with Gasteiger partial charge >= 0.3 is 5.95 Å². The smallest absolute Gasteiger partial charge is 0.390 e. The summed E-state index contributed by atoms with van der Waals surface area (Å²) in [6, 6.07) is 0. The summed E-state index contributed by atoms with van der Waals surface area (Å²) in [6.45, 7) is 0.274. The molecule has 15 heavy (non-hydrogen) atoms. The molecule has 2 N–H and O–H groups in total. The van der Waals surface area contributed by atoms with Crippen molar-refractivity contribution < 1.29 is 4.92 Å². The maximum Gasteiger partial charge on any atom is 0.490 e. The summed E-state index contributed by atoms with van der Waals surface area (Å²) in [5, 5.41) is 22.2. The lowest BCUT2D eigenvalue weighted by Gasteiger charge is -1.88. The maximum atomic E-state index is 10.3. The van der Waals surface area contributed by atoms with E-state index in [0.717, 1.165) is 0 Å². The average Bonchev–Trinajstić information content (AvgIpc) is 2.76. The number of anilines is 1. The van der Waals surface area contributed by atoms with Crippen LogP contribution in [0.2, 0.25) is 0 Å². The SMILES string of the molecule is Nc1nnc(Cn2cnc([N+](=O)[O-])n2)s1. The Kier molecular flexibility index (Phi) is 2.25. The average molecular weight is 227 g/mol. The van der Waals surface area contributed by atoms with Crippen molar-refractivity contribution in [3.05, 3.63) is 21.4 Å². The van der Waals surface area contributed by atoms with Gasteiger partial charge in [0, 0.05) is 5.10 Å². The van der Waals surface area contributed by atoms with Crippen LogP contribution in [-0.4, -0.2) is 29.9 Å². The minimum atomic E-state index is -0.662. The minimum absolute atomic E-state index is 0.274. The van der Waals surface area contributed by atoms with Crippen LogP contribution in [0.3, 0.4) is 0 Å². The van der Waals surface area contributed by atoms with Crippen molar-refractivity contribution in [3.63, 3.8) is 0 Å². The number of nitrogens with two attached hydrogens (primary N) is 1. The molecule has 2 aromatic rings. The minimum Gasteiger partial charge on any atom is -0.390 e. The van der Waals surface area contributed by atoms with Crippen molar-refractivity contribution in [2.45, 2.75) is 6.54 Å². The summed E-state index contributed by atoms with van der Waals surface area (Å²) < 4.78 is 1.30. The first-order valence-electron chi connectivity index (χ1n) is 3.77. The molecule has 2 aromatic heterocycles. The lowest BCUT2D eigenvalue weighted by atomic mass is 10.7. The van der Waals surface area contributed by atoms with Crippen molar-refractivity contribution in [2.75, 3.05) is 5.73 Å². The molecule has 0 fully saturated rings. The predicted octanol–water partition coefficient (Wildman–Crippen LogP) is -0.332. The van der Waals surface area contributed by atoms with Gasteiger partial charge in [0.1, 0.15) is 11.6 Å². The van der Waals surface area contributed by atoms with E-state index >= 15 is 0 Å². The van der Waals surface area contributed by atoms with E-state index < -0.39 is 10.9 Å². The number of nitrogens with zero attached hydrogens (tertiary/aromatic N) is 6. The largest absolute Gasteiger partial charge is 0.490 e. The molecule has 0 atom stereocenters. The van der Waals surface area contributed by atoms with Crippen molar-refractivity contribution >= 4 is 22.4 Å². The van der Waals surface area contributed by atoms with Gasteiger partial charge in [-0.3, -0.25) is 0 Å². The van der Waals surface area contributed by atoms with E-state index in [1.807, 2.05) is 0 Å². The Morgan fingerprint density at radius 3 is 2.93 bits per heavy atom. The molecule has 0 amide bonds. The number of rotatable bonds is 3. The first-order valence-corrected chi connectivity index (χ1v) is 4.58. The molecule has 0 aliphatic rings. The summed E-state index contributed by atoms with van der Waals surface area (Å²) >= 11 is 1.20. The molecule has 0 unspecified atom stereocenters. The molecule has 10 heteroatoms. The Morgan fingerprint density at radius 1 is 1.60 bits per heavy atom. The van der Waals surface area contributed by atoms with Gasteiger partial charge in [-0.15, -0.1) is 10.2 Å². The predicted molar refractivity (Wildman–Crippen MR) is 50.1 cm³/mol. The fourth-order valence-electron chi connectivity index (χ4n) is 0.914. The molecular formula is C5H5N7O2S. The molecule has 2 heterocycles. The number of hydrogen-bond acceptors (Lipinski definition) is 8. The van der Waals surface area contributed by atoms with Crippen molar-refractivity contribution in [2.24, 2.45) is 0 Å². The fraction of sp³-hybridized carbons (Fsp3) is 0.200. The van der Waals surface area contributed by atoms with E-state index in [0.29, 0.717) is 10.1 Å². The molecule has 0 bridgehead atoms. The van der Waals surface area contributed by atoms with E-state index in [-0.39, 0.29) is 6.54 Å². The van der Waals surface area contributed by atoms with Gasteiger partial charge in [0.05, 0.1) is 0 Å². The van der Waals surface area contributed by atoms with Gasteiger partial charge in [-0.05, 0) is 4.92 Å². The Bertz CT molecular complexity index is 491. The topological polar surface area (TPSA) is 126 Å². The molecular weight excluding hydrogens is 222 g/mol. The van der Waals surface area contributed by atoms with Crippen LogP contribution in [0.5, 0.6) is 0 Å². The van der Waals surface area contributed by atoms with Crippen molar-refractivity contribution in [1.82, 2.24) is 25.0 Å². The summed E-state index contributed by atoms with van der Waals surface area (Å²) in [6.07, 6.45) is 1.26. The van der Waals surface area contributed by atoms with Crippen LogP contribution < -0.4 is 5.73 Å². The normalized spacial score (nSPS) is 10.4. The molecule has 0 saturated carbocycles. The van der Waals surface area contributed by atoms with Gasteiger partial charge < -0.3 is 15.8 Å². The summed E-state index contributed by atoms with van der Waals surface area (Å²) in [5.74, 6) is -0.438. The second-order valence-corrected chi connectivity index (χ2v) is 3.63. The molecule has 0 radical (unpaired) electrons. The molecule has 0 aromatic carbocycles. The van der Waals surface area contributed by atoms with E-state index in [1.165, 1.54) is 22.3 Å². The third-order valence-corrected chi connectivity index (χ3v) is 2.20. The third kappa shape index (κ3) is 2.04. The van der Waals surface area contributed by atoms with Gasteiger partial charge in [-0.2, -0.15) is 4.68 Å². The molecule has 2 rings (SSSR count). The number of aromatic nitrogens is 5. The second-order valence-electron chi connectivity index (χ2n) is 2.53. The van der Waals surface area contributed by atoms with E-state index in [9.17, 15) is 10.1 Å². The van der Waals surface area contributed by atoms with Crippen molar-refractivity contribution in [1.29, 1.82) is 0 Å². The summed E-state index contributed by atoms with van der Waals surface area (Å²) in [4.78, 5) is 13.1. The van der Waals surface area contributed by atoms with Crippen LogP contribution in [0.1, 0.15) is 5.01 Å². The van der Waals surface area contributed by atoms with Gasteiger partial charge in [0.2, 0.25) is 11.5 Å². The third-order valence-electron chi connectivity index (χ3n) is 1.47. The molecule has 0 saturated heterocycles. The molecule has 0 aliphatic carbocycles. The van der Waals surface area contributed by atoms with E-state index in [4.69, 9.17) is 5.73 Å². The zero-order valence-electron chi connectivity index (χ0n) is 7.27. The lowest BCUT2D eigenvalue weighted by Crippen LogP contribution is -2.00.